The van der Waals surface area contributed by atoms with Crippen LogP contribution in [0.3, 0.4) is 0 Å². The average molecular weight is 236 g/mol. The van der Waals surface area contributed by atoms with E-state index in [0.717, 1.165) is 17.9 Å². The number of aliphatic hydroxyl groups excluding tert-OH is 1. The lowest BCUT2D eigenvalue weighted by Crippen LogP contribution is -2.26. The third-order valence-electron chi connectivity index (χ3n) is 3.05. The van der Waals surface area contributed by atoms with Crippen LogP contribution in [0.5, 0.6) is 11.5 Å². The van der Waals surface area contributed by atoms with E-state index in [9.17, 15) is 5.11 Å². The molecule has 2 atom stereocenters. The molecule has 0 spiro atoms. The first-order valence-electron chi connectivity index (χ1n) is 6.05. The van der Waals surface area contributed by atoms with Crippen molar-refractivity contribution < 1.29 is 14.6 Å². The highest BCUT2D eigenvalue weighted by Crippen LogP contribution is 2.42. The van der Waals surface area contributed by atoms with Crippen molar-refractivity contribution >= 4 is 0 Å². The molecule has 0 saturated carbocycles. The van der Waals surface area contributed by atoms with Gasteiger partial charge in [-0.15, -0.1) is 0 Å². The lowest BCUT2D eigenvalue weighted by Gasteiger charge is -2.21. The first kappa shape index (κ1) is 12.2. The molecule has 0 saturated heterocycles. The van der Waals surface area contributed by atoms with Crippen LogP contribution in [0.15, 0.2) is 18.2 Å². The zero-order chi connectivity index (χ0) is 12.6. The molecule has 1 aliphatic heterocycles. The summed E-state index contributed by atoms with van der Waals surface area (Å²) < 4.78 is 11.6. The minimum absolute atomic E-state index is 0.171. The number of hydrogen-bond acceptors (Lipinski definition) is 3. The average Bonchev–Trinajstić information content (AvgIpc) is 2.53. The number of para-hydroxylation sites is 1. The first-order valence-corrected chi connectivity index (χ1v) is 6.05. The Hall–Kier alpha value is -1.22. The molecular weight excluding hydrogens is 216 g/mol. The summed E-state index contributed by atoms with van der Waals surface area (Å²) in [4.78, 5) is 0. The van der Waals surface area contributed by atoms with Gasteiger partial charge in [-0.2, -0.15) is 0 Å². The third kappa shape index (κ3) is 2.55. The van der Waals surface area contributed by atoms with Crippen LogP contribution in [0.25, 0.3) is 0 Å². The van der Waals surface area contributed by atoms with Gasteiger partial charge in [-0.3, -0.25) is 0 Å². The quantitative estimate of drug-likeness (QED) is 0.876. The van der Waals surface area contributed by atoms with Gasteiger partial charge < -0.3 is 14.6 Å². The summed E-state index contributed by atoms with van der Waals surface area (Å²) in [6.45, 7) is 7.70. The molecule has 1 aromatic carbocycles. The van der Waals surface area contributed by atoms with E-state index < -0.39 is 6.10 Å². The maximum absolute atomic E-state index is 9.47. The second-order valence-corrected chi connectivity index (χ2v) is 5.35. The fraction of sp³-hybridized carbons (Fsp3) is 0.571. The molecule has 1 aliphatic rings. The van der Waals surface area contributed by atoms with Gasteiger partial charge >= 0.3 is 0 Å². The Bertz CT molecular complexity index is 410. The number of hydrogen-bond donors (Lipinski definition) is 1. The monoisotopic (exact) mass is 236 g/mol. The van der Waals surface area contributed by atoms with Crippen LogP contribution >= 0.6 is 0 Å². The van der Waals surface area contributed by atoms with Gasteiger partial charge in [-0.25, -0.2) is 0 Å². The molecule has 0 amide bonds. The van der Waals surface area contributed by atoms with Gasteiger partial charge in [0.25, 0.3) is 0 Å². The Labute approximate surface area is 102 Å². The molecule has 2 rings (SSSR count). The summed E-state index contributed by atoms with van der Waals surface area (Å²) in [5.74, 6) is 1.55. The summed E-state index contributed by atoms with van der Waals surface area (Å²) in [5, 5.41) is 9.47. The summed E-state index contributed by atoms with van der Waals surface area (Å²) in [6.07, 6.45) is 0.150. The summed E-state index contributed by atoms with van der Waals surface area (Å²) in [5.41, 5.74) is 1.00. The smallest absolute Gasteiger partial charge is 0.165 e. The Balaban J connectivity index is 2.24. The van der Waals surface area contributed by atoms with E-state index in [-0.39, 0.29) is 11.7 Å². The van der Waals surface area contributed by atoms with Gasteiger partial charge in [0.2, 0.25) is 0 Å². The number of aliphatic hydroxyl groups is 1. The minimum Gasteiger partial charge on any atom is -0.484 e. The summed E-state index contributed by atoms with van der Waals surface area (Å²) in [7, 11) is 0. The number of benzene rings is 1. The summed E-state index contributed by atoms with van der Waals surface area (Å²) in [6, 6.07) is 5.91. The fourth-order valence-corrected chi connectivity index (χ4v) is 1.98. The molecule has 1 heterocycles. The largest absolute Gasteiger partial charge is 0.484 e. The molecule has 0 aliphatic carbocycles. The highest BCUT2D eigenvalue weighted by atomic mass is 16.5. The SMILES string of the molecule is CC(Oc1cccc2c1OC(C)(C)C2)[C@@H](C)O. The second-order valence-electron chi connectivity index (χ2n) is 5.35. The predicted molar refractivity (Wildman–Crippen MR) is 66.6 cm³/mol. The zero-order valence-corrected chi connectivity index (χ0v) is 10.9. The Kier molecular flexibility index (Phi) is 3.04. The van der Waals surface area contributed by atoms with E-state index in [1.165, 1.54) is 5.56 Å². The van der Waals surface area contributed by atoms with Crippen LogP contribution in [0.4, 0.5) is 0 Å². The lowest BCUT2D eigenvalue weighted by molar-refractivity contribution is 0.0551. The standard InChI is InChI=1S/C14H20O3/c1-9(15)10(2)16-12-7-5-6-11-8-14(3,4)17-13(11)12/h5-7,9-10,15H,8H2,1-4H3/t9-,10?/m1/s1. The van der Waals surface area contributed by atoms with E-state index in [0.29, 0.717) is 0 Å². The van der Waals surface area contributed by atoms with Crippen molar-refractivity contribution in [2.45, 2.75) is 51.9 Å². The van der Waals surface area contributed by atoms with Gasteiger partial charge in [0.05, 0.1) is 6.10 Å². The maximum Gasteiger partial charge on any atom is 0.165 e. The molecule has 94 valence electrons. The van der Waals surface area contributed by atoms with Crippen molar-refractivity contribution in [2.24, 2.45) is 0 Å². The van der Waals surface area contributed by atoms with Crippen LogP contribution < -0.4 is 9.47 Å². The van der Waals surface area contributed by atoms with Crippen molar-refractivity contribution in [3.63, 3.8) is 0 Å². The number of rotatable bonds is 3. The van der Waals surface area contributed by atoms with Gasteiger partial charge in [0.1, 0.15) is 11.7 Å². The molecule has 1 unspecified atom stereocenters. The lowest BCUT2D eigenvalue weighted by atomic mass is 10.0. The van der Waals surface area contributed by atoms with Gasteiger partial charge in [-0.05, 0) is 33.8 Å². The van der Waals surface area contributed by atoms with Crippen LogP contribution in [0.1, 0.15) is 33.3 Å². The van der Waals surface area contributed by atoms with Crippen molar-refractivity contribution in [1.29, 1.82) is 0 Å². The van der Waals surface area contributed by atoms with Gasteiger partial charge in [0, 0.05) is 12.0 Å². The molecule has 17 heavy (non-hydrogen) atoms. The predicted octanol–water partition coefficient (Wildman–Crippen LogP) is 2.55. The Morgan fingerprint density at radius 3 is 2.71 bits per heavy atom. The number of fused-ring (bicyclic) bond motifs is 1. The number of ether oxygens (including phenoxy) is 2. The molecule has 1 aromatic rings. The molecule has 3 heteroatoms. The molecule has 1 N–H and O–H groups in total. The Morgan fingerprint density at radius 1 is 1.35 bits per heavy atom. The van der Waals surface area contributed by atoms with Crippen molar-refractivity contribution in [1.82, 2.24) is 0 Å². The zero-order valence-electron chi connectivity index (χ0n) is 10.9. The topological polar surface area (TPSA) is 38.7 Å². The van der Waals surface area contributed by atoms with Crippen LogP contribution in [-0.2, 0) is 6.42 Å². The van der Waals surface area contributed by atoms with Crippen LogP contribution in [0, 0.1) is 0 Å². The van der Waals surface area contributed by atoms with E-state index in [1.54, 1.807) is 6.92 Å². The van der Waals surface area contributed by atoms with Crippen LogP contribution in [0.2, 0.25) is 0 Å². The maximum atomic E-state index is 9.47. The molecule has 0 fully saturated rings. The Morgan fingerprint density at radius 2 is 2.06 bits per heavy atom. The fourth-order valence-electron chi connectivity index (χ4n) is 1.98. The van der Waals surface area contributed by atoms with E-state index in [1.807, 2.05) is 19.1 Å². The van der Waals surface area contributed by atoms with Crippen molar-refractivity contribution in [2.75, 3.05) is 0 Å². The van der Waals surface area contributed by atoms with Gasteiger partial charge in [-0.1, -0.05) is 12.1 Å². The first-order chi connectivity index (χ1) is 7.89. The van der Waals surface area contributed by atoms with Crippen molar-refractivity contribution in [3.05, 3.63) is 23.8 Å². The van der Waals surface area contributed by atoms with Crippen molar-refractivity contribution in [3.8, 4) is 11.5 Å². The molecule has 0 bridgehead atoms. The minimum atomic E-state index is -0.500. The van der Waals surface area contributed by atoms with Crippen LogP contribution in [-0.4, -0.2) is 22.9 Å². The second kappa shape index (κ2) is 4.22. The molecule has 0 aromatic heterocycles. The normalized spacial score (nSPS) is 20.3. The molecule has 3 nitrogen and oxygen atoms in total. The summed E-state index contributed by atoms with van der Waals surface area (Å²) >= 11 is 0. The highest BCUT2D eigenvalue weighted by molar-refractivity contribution is 5.50. The van der Waals surface area contributed by atoms with E-state index >= 15 is 0 Å². The third-order valence-corrected chi connectivity index (χ3v) is 3.05. The van der Waals surface area contributed by atoms with Gasteiger partial charge in [0.15, 0.2) is 11.5 Å². The highest BCUT2D eigenvalue weighted by Gasteiger charge is 2.32. The van der Waals surface area contributed by atoms with E-state index in [4.69, 9.17) is 9.47 Å². The molecule has 0 radical (unpaired) electrons. The van der Waals surface area contributed by atoms with E-state index in [2.05, 4.69) is 19.9 Å². The molecular formula is C14H20O3.